The van der Waals surface area contributed by atoms with Gasteiger partial charge in [-0.15, -0.1) is 11.3 Å². The molecule has 23 heavy (non-hydrogen) atoms. The van der Waals surface area contributed by atoms with Crippen LogP contribution in [0.5, 0.6) is 5.88 Å². The van der Waals surface area contributed by atoms with Crippen molar-refractivity contribution in [1.82, 2.24) is 9.55 Å². The zero-order chi connectivity index (χ0) is 16.6. The first-order chi connectivity index (χ1) is 11.0. The number of Topliss-reactive ketones (excluding diaryl/α,β-unsaturated/α-hetero) is 1. The number of carbonyl (C=O) groups is 1. The number of rotatable bonds is 5. The van der Waals surface area contributed by atoms with E-state index in [1.165, 1.54) is 11.3 Å². The van der Waals surface area contributed by atoms with Gasteiger partial charge >= 0.3 is 0 Å². The molecule has 1 N–H and O–H groups in total. The molecule has 0 aliphatic rings. The summed E-state index contributed by atoms with van der Waals surface area (Å²) >= 11 is 1.50. The Labute approximate surface area is 138 Å². The number of anilines is 1. The quantitative estimate of drug-likeness (QED) is 0.727. The third-order valence-corrected chi connectivity index (χ3v) is 4.71. The summed E-state index contributed by atoms with van der Waals surface area (Å²) in [5.74, 6) is 0.580. The van der Waals surface area contributed by atoms with Crippen molar-refractivity contribution in [3.63, 3.8) is 0 Å². The number of nitrogens with zero attached hydrogens (tertiary/aromatic N) is 2. The topological polar surface area (TPSA) is 56.1 Å². The SMILES string of the molecule is COc1c(C(=O)CNc2nc(C)cs2)c2ccc(C)cc2n1C. The van der Waals surface area contributed by atoms with Crippen molar-refractivity contribution < 1.29 is 9.53 Å². The van der Waals surface area contributed by atoms with E-state index in [-0.39, 0.29) is 12.3 Å². The van der Waals surface area contributed by atoms with Crippen LogP contribution >= 0.6 is 11.3 Å². The number of methoxy groups -OCH3 is 1. The fourth-order valence-electron chi connectivity index (χ4n) is 2.71. The molecule has 2 heterocycles. The molecule has 2 aromatic heterocycles. The van der Waals surface area contributed by atoms with Crippen LogP contribution in [0.25, 0.3) is 10.9 Å². The molecule has 3 rings (SSSR count). The minimum absolute atomic E-state index is 0.0100. The second-order valence-corrected chi connectivity index (χ2v) is 6.39. The number of ketones is 1. The lowest BCUT2D eigenvalue weighted by Gasteiger charge is -2.06. The van der Waals surface area contributed by atoms with Gasteiger partial charge in [-0.05, 0) is 25.5 Å². The molecule has 0 amide bonds. The van der Waals surface area contributed by atoms with E-state index in [0.29, 0.717) is 11.4 Å². The number of carbonyl (C=O) groups excluding carboxylic acids is 1. The second-order valence-electron chi connectivity index (χ2n) is 5.53. The maximum absolute atomic E-state index is 12.7. The van der Waals surface area contributed by atoms with E-state index in [0.717, 1.165) is 27.3 Å². The first-order valence-corrected chi connectivity index (χ1v) is 8.21. The van der Waals surface area contributed by atoms with E-state index in [9.17, 15) is 4.79 Å². The van der Waals surface area contributed by atoms with Crippen LogP contribution in [0.15, 0.2) is 23.6 Å². The van der Waals surface area contributed by atoms with E-state index in [2.05, 4.69) is 16.4 Å². The lowest BCUT2D eigenvalue weighted by Crippen LogP contribution is -2.14. The molecule has 0 fully saturated rings. The van der Waals surface area contributed by atoms with Gasteiger partial charge in [0.2, 0.25) is 5.88 Å². The summed E-state index contributed by atoms with van der Waals surface area (Å²) in [4.78, 5) is 17.1. The van der Waals surface area contributed by atoms with Crippen LogP contribution < -0.4 is 10.1 Å². The number of thiazole rings is 1. The van der Waals surface area contributed by atoms with Crippen molar-refractivity contribution in [2.75, 3.05) is 19.0 Å². The van der Waals surface area contributed by atoms with Gasteiger partial charge in [-0.2, -0.15) is 0 Å². The standard InChI is InChI=1S/C17H19N3O2S/c1-10-5-6-12-13(7-10)20(3)16(22-4)15(12)14(21)8-18-17-19-11(2)9-23-17/h5-7,9H,8H2,1-4H3,(H,18,19). The predicted octanol–water partition coefficient (Wildman–Crippen LogP) is 3.56. The van der Waals surface area contributed by atoms with Crippen LogP contribution in [-0.4, -0.2) is 29.0 Å². The summed E-state index contributed by atoms with van der Waals surface area (Å²) in [6.45, 7) is 4.16. The predicted molar refractivity (Wildman–Crippen MR) is 93.9 cm³/mol. The van der Waals surface area contributed by atoms with Gasteiger partial charge in [0.1, 0.15) is 0 Å². The fourth-order valence-corrected chi connectivity index (χ4v) is 3.40. The van der Waals surface area contributed by atoms with Crippen molar-refractivity contribution in [1.29, 1.82) is 0 Å². The average molecular weight is 329 g/mol. The van der Waals surface area contributed by atoms with Gasteiger partial charge in [-0.1, -0.05) is 12.1 Å². The highest BCUT2D eigenvalue weighted by atomic mass is 32.1. The molecule has 0 saturated carbocycles. The normalized spacial score (nSPS) is 11.0. The summed E-state index contributed by atoms with van der Waals surface area (Å²) in [7, 11) is 3.50. The van der Waals surface area contributed by atoms with Gasteiger partial charge in [-0.3, -0.25) is 4.79 Å². The summed E-state index contributed by atoms with van der Waals surface area (Å²) in [5, 5.41) is 6.72. The number of benzene rings is 1. The molecular weight excluding hydrogens is 310 g/mol. The Hall–Kier alpha value is -2.34. The molecule has 0 atom stereocenters. The smallest absolute Gasteiger partial charge is 0.205 e. The number of aromatic nitrogens is 2. The van der Waals surface area contributed by atoms with Crippen molar-refractivity contribution in [2.45, 2.75) is 13.8 Å². The summed E-state index contributed by atoms with van der Waals surface area (Å²) < 4.78 is 7.40. The molecule has 120 valence electrons. The number of hydrogen-bond acceptors (Lipinski definition) is 5. The molecule has 0 bridgehead atoms. The monoisotopic (exact) mass is 329 g/mol. The Bertz CT molecular complexity index is 879. The van der Waals surface area contributed by atoms with Crippen LogP contribution in [0.3, 0.4) is 0 Å². The Morgan fingerprint density at radius 3 is 2.83 bits per heavy atom. The van der Waals surface area contributed by atoms with E-state index >= 15 is 0 Å². The Balaban J connectivity index is 1.96. The highest BCUT2D eigenvalue weighted by Crippen LogP contribution is 2.32. The number of fused-ring (bicyclic) bond motifs is 1. The lowest BCUT2D eigenvalue weighted by atomic mass is 10.1. The molecule has 0 unspecified atom stereocenters. The van der Waals surface area contributed by atoms with Crippen molar-refractivity contribution in [3.8, 4) is 5.88 Å². The van der Waals surface area contributed by atoms with E-state index < -0.39 is 0 Å². The van der Waals surface area contributed by atoms with E-state index in [4.69, 9.17) is 4.74 Å². The summed E-state index contributed by atoms with van der Waals surface area (Å²) in [6, 6.07) is 6.05. The highest BCUT2D eigenvalue weighted by molar-refractivity contribution is 7.13. The average Bonchev–Trinajstić information content (AvgIpc) is 3.06. The molecule has 1 aromatic carbocycles. The van der Waals surface area contributed by atoms with Gasteiger partial charge in [0.25, 0.3) is 0 Å². The molecule has 6 heteroatoms. The molecular formula is C17H19N3O2S. The number of nitrogens with one attached hydrogen (secondary N) is 1. The van der Waals surface area contributed by atoms with Crippen LogP contribution in [0.4, 0.5) is 5.13 Å². The van der Waals surface area contributed by atoms with Crippen LogP contribution in [-0.2, 0) is 7.05 Å². The zero-order valence-electron chi connectivity index (χ0n) is 13.6. The van der Waals surface area contributed by atoms with Gasteiger partial charge in [0, 0.05) is 17.8 Å². The van der Waals surface area contributed by atoms with Crippen molar-refractivity contribution >= 4 is 33.2 Å². The molecule has 0 aliphatic heterocycles. The summed E-state index contributed by atoms with van der Waals surface area (Å²) in [5.41, 5.74) is 3.71. The Morgan fingerprint density at radius 2 is 2.17 bits per heavy atom. The Kier molecular flexibility index (Phi) is 4.09. The van der Waals surface area contributed by atoms with Gasteiger partial charge < -0.3 is 14.6 Å². The largest absolute Gasteiger partial charge is 0.482 e. The second kappa shape index (κ2) is 6.04. The molecule has 5 nitrogen and oxygen atoms in total. The lowest BCUT2D eigenvalue weighted by molar-refractivity contribution is 0.100. The Morgan fingerprint density at radius 1 is 1.39 bits per heavy atom. The fraction of sp³-hybridized carbons (Fsp3) is 0.294. The minimum Gasteiger partial charge on any atom is -0.482 e. The van der Waals surface area contributed by atoms with Gasteiger partial charge in [0.15, 0.2) is 10.9 Å². The van der Waals surface area contributed by atoms with Gasteiger partial charge in [-0.25, -0.2) is 4.98 Å². The third kappa shape index (κ3) is 2.82. The minimum atomic E-state index is -0.0100. The molecule has 0 saturated heterocycles. The third-order valence-electron chi connectivity index (χ3n) is 3.79. The number of hydrogen-bond donors (Lipinski definition) is 1. The molecule has 0 spiro atoms. The summed E-state index contributed by atoms with van der Waals surface area (Å²) in [6.07, 6.45) is 0. The molecule has 3 aromatic rings. The maximum atomic E-state index is 12.7. The van der Waals surface area contributed by atoms with Crippen LogP contribution in [0, 0.1) is 13.8 Å². The molecule has 0 aliphatic carbocycles. The number of aryl methyl sites for hydroxylation is 3. The van der Waals surface area contributed by atoms with E-state index in [1.807, 2.05) is 43.0 Å². The van der Waals surface area contributed by atoms with Crippen LogP contribution in [0.2, 0.25) is 0 Å². The maximum Gasteiger partial charge on any atom is 0.205 e. The van der Waals surface area contributed by atoms with Crippen LogP contribution in [0.1, 0.15) is 21.6 Å². The first kappa shape index (κ1) is 15.6. The van der Waals surface area contributed by atoms with E-state index in [1.54, 1.807) is 7.11 Å². The first-order valence-electron chi connectivity index (χ1n) is 7.33. The van der Waals surface area contributed by atoms with Crippen molar-refractivity contribution in [3.05, 3.63) is 40.4 Å². The van der Waals surface area contributed by atoms with Crippen molar-refractivity contribution in [2.24, 2.45) is 7.05 Å². The molecule has 0 radical (unpaired) electrons. The number of ether oxygens (including phenoxy) is 1. The zero-order valence-corrected chi connectivity index (χ0v) is 14.5. The highest BCUT2D eigenvalue weighted by Gasteiger charge is 2.22. The van der Waals surface area contributed by atoms with Gasteiger partial charge in [0.05, 0.1) is 30.4 Å².